The molecular formula is C20H19N5O3. The van der Waals surface area contributed by atoms with Crippen molar-refractivity contribution >= 4 is 34.9 Å². The van der Waals surface area contributed by atoms with Gasteiger partial charge in [-0.2, -0.15) is 10.1 Å². The molecule has 3 aromatic rings. The number of anilines is 4. The highest BCUT2D eigenvalue weighted by Crippen LogP contribution is 2.18. The zero-order chi connectivity index (χ0) is 19.9. The van der Waals surface area contributed by atoms with E-state index in [-0.39, 0.29) is 11.8 Å². The van der Waals surface area contributed by atoms with Crippen LogP contribution in [0.5, 0.6) is 0 Å². The number of ketones is 1. The SMILES string of the molecule is CCOC(=O)c1ccc(Nc2nncc(Nc3ccc(C(C)=O)cc3)n2)cc1. The van der Waals surface area contributed by atoms with Gasteiger partial charge < -0.3 is 15.4 Å². The van der Waals surface area contributed by atoms with Gasteiger partial charge in [-0.3, -0.25) is 4.79 Å². The molecule has 1 aromatic heterocycles. The van der Waals surface area contributed by atoms with E-state index in [4.69, 9.17) is 4.74 Å². The lowest BCUT2D eigenvalue weighted by Gasteiger charge is -2.08. The van der Waals surface area contributed by atoms with Gasteiger partial charge >= 0.3 is 5.97 Å². The predicted molar refractivity (Wildman–Crippen MR) is 105 cm³/mol. The minimum atomic E-state index is -0.367. The third kappa shape index (κ3) is 4.88. The first-order chi connectivity index (χ1) is 13.5. The summed E-state index contributed by atoms with van der Waals surface area (Å²) in [6.45, 7) is 3.61. The molecule has 142 valence electrons. The maximum Gasteiger partial charge on any atom is 0.338 e. The summed E-state index contributed by atoms with van der Waals surface area (Å²) in [5.41, 5.74) is 2.59. The van der Waals surface area contributed by atoms with Gasteiger partial charge in [-0.05, 0) is 62.4 Å². The van der Waals surface area contributed by atoms with Crippen molar-refractivity contribution in [1.29, 1.82) is 0 Å². The van der Waals surface area contributed by atoms with Crippen molar-refractivity contribution in [3.8, 4) is 0 Å². The largest absolute Gasteiger partial charge is 0.462 e. The van der Waals surface area contributed by atoms with Crippen molar-refractivity contribution in [1.82, 2.24) is 15.2 Å². The van der Waals surface area contributed by atoms with Crippen LogP contribution in [-0.2, 0) is 4.74 Å². The van der Waals surface area contributed by atoms with E-state index >= 15 is 0 Å². The van der Waals surface area contributed by atoms with Gasteiger partial charge in [-0.25, -0.2) is 4.79 Å². The van der Waals surface area contributed by atoms with Gasteiger partial charge in [-0.15, -0.1) is 5.10 Å². The normalized spacial score (nSPS) is 10.2. The van der Waals surface area contributed by atoms with E-state index in [0.29, 0.717) is 35.2 Å². The fraction of sp³-hybridized carbons (Fsp3) is 0.150. The summed E-state index contributed by atoms with van der Waals surface area (Å²) in [7, 11) is 0. The number of rotatable bonds is 7. The summed E-state index contributed by atoms with van der Waals surface area (Å²) >= 11 is 0. The Kier molecular flexibility index (Phi) is 5.91. The molecule has 2 aromatic carbocycles. The van der Waals surface area contributed by atoms with Crippen molar-refractivity contribution in [2.24, 2.45) is 0 Å². The maximum atomic E-state index is 11.7. The molecule has 8 nitrogen and oxygen atoms in total. The predicted octanol–water partition coefficient (Wildman–Crippen LogP) is 3.74. The second-order valence-corrected chi connectivity index (χ2v) is 5.85. The summed E-state index contributed by atoms with van der Waals surface area (Å²) in [5.74, 6) is 0.440. The van der Waals surface area contributed by atoms with Crippen LogP contribution >= 0.6 is 0 Å². The molecule has 0 saturated carbocycles. The van der Waals surface area contributed by atoms with Crippen LogP contribution in [0.25, 0.3) is 0 Å². The zero-order valence-corrected chi connectivity index (χ0v) is 15.5. The molecule has 0 saturated heterocycles. The summed E-state index contributed by atoms with van der Waals surface area (Å²) in [6.07, 6.45) is 1.49. The van der Waals surface area contributed by atoms with Crippen molar-refractivity contribution in [2.45, 2.75) is 13.8 Å². The lowest BCUT2D eigenvalue weighted by atomic mass is 10.1. The van der Waals surface area contributed by atoms with Crippen LogP contribution in [0.15, 0.2) is 54.7 Å². The zero-order valence-electron chi connectivity index (χ0n) is 15.5. The Labute approximate surface area is 162 Å². The van der Waals surface area contributed by atoms with E-state index in [1.807, 2.05) is 0 Å². The monoisotopic (exact) mass is 377 g/mol. The Morgan fingerprint density at radius 2 is 1.54 bits per heavy atom. The molecule has 0 fully saturated rings. The topological polar surface area (TPSA) is 106 Å². The van der Waals surface area contributed by atoms with Crippen LogP contribution < -0.4 is 10.6 Å². The van der Waals surface area contributed by atoms with Gasteiger partial charge in [0.1, 0.15) is 0 Å². The molecule has 0 aliphatic carbocycles. The van der Waals surface area contributed by atoms with Crippen molar-refractivity contribution in [2.75, 3.05) is 17.2 Å². The molecule has 0 atom stereocenters. The summed E-state index contributed by atoms with van der Waals surface area (Å²) in [5, 5.41) is 14.0. The number of aromatic nitrogens is 3. The molecule has 8 heteroatoms. The highest BCUT2D eigenvalue weighted by atomic mass is 16.5. The molecule has 0 aliphatic heterocycles. The Balaban J connectivity index is 1.67. The molecule has 0 unspecified atom stereocenters. The summed E-state index contributed by atoms with van der Waals surface area (Å²) in [4.78, 5) is 27.4. The van der Waals surface area contributed by atoms with Crippen LogP contribution in [0.1, 0.15) is 34.6 Å². The lowest BCUT2D eigenvalue weighted by molar-refractivity contribution is 0.0526. The molecule has 0 aliphatic rings. The first kappa shape index (κ1) is 19.0. The molecule has 3 rings (SSSR count). The van der Waals surface area contributed by atoms with Crippen LogP contribution in [0.3, 0.4) is 0 Å². The lowest BCUT2D eigenvalue weighted by Crippen LogP contribution is -2.05. The first-order valence-electron chi connectivity index (χ1n) is 8.67. The number of nitrogens with zero attached hydrogens (tertiary/aromatic N) is 3. The molecule has 28 heavy (non-hydrogen) atoms. The minimum Gasteiger partial charge on any atom is -0.462 e. The third-order valence-corrected chi connectivity index (χ3v) is 3.77. The van der Waals surface area contributed by atoms with Crippen LogP contribution in [0.4, 0.5) is 23.1 Å². The average Bonchev–Trinajstić information content (AvgIpc) is 2.69. The molecule has 0 spiro atoms. The summed E-state index contributed by atoms with van der Waals surface area (Å²) in [6, 6.07) is 13.8. The fourth-order valence-electron chi connectivity index (χ4n) is 2.39. The molecule has 0 bridgehead atoms. The van der Waals surface area contributed by atoms with Gasteiger partial charge in [0.05, 0.1) is 18.4 Å². The quantitative estimate of drug-likeness (QED) is 0.474. The number of hydrogen-bond acceptors (Lipinski definition) is 8. The van der Waals surface area contributed by atoms with Crippen LogP contribution in [0.2, 0.25) is 0 Å². The molecule has 0 amide bonds. The van der Waals surface area contributed by atoms with Crippen molar-refractivity contribution < 1.29 is 14.3 Å². The summed E-state index contributed by atoms with van der Waals surface area (Å²) < 4.78 is 4.96. The molecule has 0 radical (unpaired) electrons. The number of benzene rings is 2. The highest BCUT2D eigenvalue weighted by Gasteiger charge is 2.07. The van der Waals surface area contributed by atoms with E-state index in [1.54, 1.807) is 55.5 Å². The second-order valence-electron chi connectivity index (χ2n) is 5.85. The van der Waals surface area contributed by atoms with Gasteiger partial charge in [-0.1, -0.05) is 0 Å². The van der Waals surface area contributed by atoms with Gasteiger partial charge in [0.2, 0.25) is 5.95 Å². The van der Waals surface area contributed by atoms with Crippen LogP contribution in [0, 0.1) is 0 Å². The van der Waals surface area contributed by atoms with Gasteiger partial charge in [0.15, 0.2) is 11.6 Å². The van der Waals surface area contributed by atoms with Crippen molar-refractivity contribution in [3.05, 3.63) is 65.9 Å². The average molecular weight is 377 g/mol. The van der Waals surface area contributed by atoms with Crippen molar-refractivity contribution in [3.63, 3.8) is 0 Å². The Morgan fingerprint density at radius 3 is 2.14 bits per heavy atom. The number of nitrogens with one attached hydrogen (secondary N) is 2. The standard InChI is InChI=1S/C20H19N5O3/c1-3-28-19(27)15-6-10-17(11-7-15)23-20-24-18(12-21-25-20)22-16-8-4-14(5-9-16)13(2)26/h4-12H,3H2,1-2H3,(H2,22,23,24,25). The van der Waals surface area contributed by atoms with Crippen LogP contribution in [-0.4, -0.2) is 33.5 Å². The molecule has 2 N–H and O–H groups in total. The second kappa shape index (κ2) is 8.72. The third-order valence-electron chi connectivity index (χ3n) is 3.77. The van der Waals surface area contributed by atoms with E-state index in [0.717, 1.165) is 5.69 Å². The van der Waals surface area contributed by atoms with E-state index in [9.17, 15) is 9.59 Å². The number of carbonyl (C=O) groups is 2. The van der Waals surface area contributed by atoms with Gasteiger partial charge in [0, 0.05) is 16.9 Å². The van der Waals surface area contributed by atoms with E-state index in [2.05, 4.69) is 25.8 Å². The Bertz CT molecular complexity index is 972. The number of Topliss-reactive ketones (excluding diaryl/α,β-unsaturated/α-hetero) is 1. The Morgan fingerprint density at radius 1 is 0.929 bits per heavy atom. The highest BCUT2D eigenvalue weighted by molar-refractivity contribution is 5.94. The smallest absolute Gasteiger partial charge is 0.338 e. The van der Waals surface area contributed by atoms with E-state index < -0.39 is 0 Å². The number of ether oxygens (including phenoxy) is 1. The number of carbonyl (C=O) groups excluding carboxylic acids is 2. The van der Waals surface area contributed by atoms with E-state index in [1.165, 1.54) is 13.1 Å². The number of esters is 1. The molecular weight excluding hydrogens is 358 g/mol. The Hall–Kier alpha value is -3.81. The molecule has 1 heterocycles. The fourth-order valence-corrected chi connectivity index (χ4v) is 2.39. The maximum absolute atomic E-state index is 11.7. The number of hydrogen-bond donors (Lipinski definition) is 2. The minimum absolute atomic E-state index is 0.00992. The van der Waals surface area contributed by atoms with Gasteiger partial charge in [0.25, 0.3) is 0 Å². The first-order valence-corrected chi connectivity index (χ1v) is 8.67.